The third kappa shape index (κ3) is 5.40. The molecule has 0 bridgehead atoms. The van der Waals surface area contributed by atoms with Crippen LogP contribution in [-0.2, 0) is 16.1 Å². The van der Waals surface area contributed by atoms with Crippen molar-refractivity contribution in [3.05, 3.63) is 66.0 Å². The Hall–Kier alpha value is -3.68. The molecule has 1 aromatic heterocycles. The van der Waals surface area contributed by atoms with Crippen LogP contribution in [0.1, 0.15) is 11.4 Å². The fourth-order valence-electron chi connectivity index (χ4n) is 2.25. The van der Waals surface area contributed by atoms with E-state index in [0.29, 0.717) is 5.75 Å². The monoisotopic (exact) mass is 365 g/mol. The molecule has 0 spiro atoms. The van der Waals surface area contributed by atoms with Gasteiger partial charge in [-0.15, -0.1) is 0 Å². The smallest absolute Gasteiger partial charge is 0.344 e. The highest BCUT2D eigenvalue weighted by atomic mass is 16.6. The molecule has 27 heavy (non-hydrogen) atoms. The molecule has 0 atom stereocenters. The number of anilines is 3. The fourth-order valence-corrected chi connectivity index (χ4v) is 2.25. The summed E-state index contributed by atoms with van der Waals surface area (Å²) in [5, 5.41) is 3.02. The van der Waals surface area contributed by atoms with Gasteiger partial charge in [-0.2, -0.15) is 15.0 Å². The van der Waals surface area contributed by atoms with Gasteiger partial charge >= 0.3 is 5.97 Å². The van der Waals surface area contributed by atoms with E-state index < -0.39 is 5.97 Å². The van der Waals surface area contributed by atoms with E-state index in [2.05, 4.69) is 20.3 Å². The molecule has 3 aromatic rings. The third-order valence-electron chi connectivity index (χ3n) is 3.53. The summed E-state index contributed by atoms with van der Waals surface area (Å²) in [5.74, 6) is 0.648. The van der Waals surface area contributed by atoms with Crippen LogP contribution < -0.4 is 15.8 Å². The van der Waals surface area contributed by atoms with Gasteiger partial charge in [0.1, 0.15) is 5.75 Å². The Balaban J connectivity index is 1.55. The van der Waals surface area contributed by atoms with Gasteiger partial charge < -0.3 is 20.5 Å². The third-order valence-corrected chi connectivity index (χ3v) is 3.53. The SMILES string of the molecule is Cc1ccccc1OCC(=O)OCc1nc(N)nc(Nc2ccccc2)n1. The molecule has 138 valence electrons. The van der Waals surface area contributed by atoms with E-state index in [0.717, 1.165) is 11.3 Å². The number of nitrogens with two attached hydrogens (primary N) is 1. The van der Waals surface area contributed by atoms with Crippen molar-refractivity contribution in [1.29, 1.82) is 0 Å². The van der Waals surface area contributed by atoms with Crippen LogP contribution in [0.3, 0.4) is 0 Å². The van der Waals surface area contributed by atoms with E-state index in [9.17, 15) is 4.79 Å². The predicted molar refractivity (Wildman–Crippen MR) is 100 cm³/mol. The van der Waals surface area contributed by atoms with Gasteiger partial charge in [-0.3, -0.25) is 0 Å². The van der Waals surface area contributed by atoms with Crippen molar-refractivity contribution in [2.45, 2.75) is 13.5 Å². The Morgan fingerprint density at radius 2 is 1.78 bits per heavy atom. The number of ether oxygens (including phenoxy) is 2. The second-order valence-electron chi connectivity index (χ2n) is 5.64. The number of rotatable bonds is 7. The number of esters is 1. The second-order valence-corrected chi connectivity index (χ2v) is 5.64. The number of nitrogens with zero attached hydrogens (tertiary/aromatic N) is 3. The lowest BCUT2D eigenvalue weighted by molar-refractivity contribution is -0.147. The molecule has 0 amide bonds. The van der Waals surface area contributed by atoms with Gasteiger partial charge in [0.15, 0.2) is 19.0 Å². The lowest BCUT2D eigenvalue weighted by atomic mass is 10.2. The van der Waals surface area contributed by atoms with E-state index in [1.165, 1.54) is 0 Å². The summed E-state index contributed by atoms with van der Waals surface area (Å²) >= 11 is 0. The van der Waals surface area contributed by atoms with Crippen molar-refractivity contribution in [2.75, 3.05) is 17.7 Å². The van der Waals surface area contributed by atoms with Crippen LogP contribution in [0.2, 0.25) is 0 Å². The summed E-state index contributed by atoms with van der Waals surface area (Å²) in [6.07, 6.45) is 0. The lowest BCUT2D eigenvalue weighted by Gasteiger charge is -2.09. The number of para-hydroxylation sites is 2. The number of nitrogen functional groups attached to an aromatic ring is 1. The molecule has 0 radical (unpaired) electrons. The van der Waals surface area contributed by atoms with Crippen LogP contribution in [0.25, 0.3) is 0 Å². The van der Waals surface area contributed by atoms with Crippen LogP contribution in [0.5, 0.6) is 5.75 Å². The molecule has 2 aromatic carbocycles. The van der Waals surface area contributed by atoms with E-state index in [-0.39, 0.29) is 30.9 Å². The topological polar surface area (TPSA) is 112 Å². The number of nitrogens with one attached hydrogen (secondary N) is 1. The van der Waals surface area contributed by atoms with Crippen LogP contribution in [-0.4, -0.2) is 27.5 Å². The molecule has 8 heteroatoms. The Labute approximate surface area is 156 Å². The van der Waals surface area contributed by atoms with Crippen LogP contribution in [0, 0.1) is 6.92 Å². The fraction of sp³-hybridized carbons (Fsp3) is 0.158. The average Bonchev–Trinajstić information content (AvgIpc) is 2.66. The lowest BCUT2D eigenvalue weighted by Crippen LogP contribution is -2.16. The maximum atomic E-state index is 11.9. The molecular weight excluding hydrogens is 346 g/mol. The van der Waals surface area contributed by atoms with E-state index >= 15 is 0 Å². The van der Waals surface area contributed by atoms with Crippen molar-refractivity contribution in [1.82, 2.24) is 15.0 Å². The number of hydrogen-bond donors (Lipinski definition) is 2. The molecule has 8 nitrogen and oxygen atoms in total. The molecule has 0 saturated carbocycles. The quantitative estimate of drug-likeness (QED) is 0.615. The molecule has 0 unspecified atom stereocenters. The summed E-state index contributed by atoms with van der Waals surface area (Å²) in [5.41, 5.74) is 7.44. The predicted octanol–water partition coefficient (Wildman–Crippen LogP) is 2.63. The Bertz CT molecular complexity index is 918. The standard InChI is InChI=1S/C19H19N5O3/c1-13-7-5-6-10-15(13)26-12-17(25)27-11-16-22-18(20)24-19(23-16)21-14-8-3-2-4-9-14/h2-10H,11-12H2,1H3,(H3,20,21,22,23,24). The molecule has 0 fully saturated rings. The van der Waals surface area contributed by atoms with Gasteiger partial charge in [0.25, 0.3) is 0 Å². The number of carbonyl (C=O) groups excluding carboxylic acids is 1. The van der Waals surface area contributed by atoms with Crippen molar-refractivity contribution >= 4 is 23.6 Å². The summed E-state index contributed by atoms with van der Waals surface area (Å²) < 4.78 is 10.6. The average molecular weight is 365 g/mol. The minimum Gasteiger partial charge on any atom is -0.482 e. The van der Waals surface area contributed by atoms with E-state index in [4.69, 9.17) is 15.2 Å². The molecular formula is C19H19N5O3. The number of carbonyl (C=O) groups is 1. The van der Waals surface area contributed by atoms with Gasteiger partial charge in [-0.25, -0.2) is 4.79 Å². The second kappa shape index (κ2) is 8.61. The first kappa shape index (κ1) is 18.1. The van der Waals surface area contributed by atoms with Crippen LogP contribution >= 0.6 is 0 Å². The van der Waals surface area contributed by atoms with Gasteiger partial charge in [-0.1, -0.05) is 36.4 Å². The molecule has 0 saturated heterocycles. The van der Waals surface area contributed by atoms with Gasteiger partial charge in [-0.05, 0) is 30.7 Å². The maximum Gasteiger partial charge on any atom is 0.344 e. The van der Waals surface area contributed by atoms with Crippen molar-refractivity contribution in [3.8, 4) is 5.75 Å². The maximum absolute atomic E-state index is 11.9. The highest BCUT2D eigenvalue weighted by Gasteiger charge is 2.10. The first-order valence-electron chi connectivity index (χ1n) is 8.27. The van der Waals surface area contributed by atoms with Crippen molar-refractivity contribution in [3.63, 3.8) is 0 Å². The normalized spacial score (nSPS) is 10.3. The Kier molecular flexibility index (Phi) is 5.78. The number of benzene rings is 2. The largest absolute Gasteiger partial charge is 0.482 e. The molecule has 0 aliphatic carbocycles. The summed E-state index contributed by atoms with van der Waals surface area (Å²) in [4.78, 5) is 24.1. The first-order chi connectivity index (χ1) is 13.1. The molecule has 3 rings (SSSR count). The molecule has 0 aliphatic heterocycles. The van der Waals surface area contributed by atoms with Crippen LogP contribution in [0.15, 0.2) is 54.6 Å². The molecule has 0 aliphatic rings. The zero-order valence-electron chi connectivity index (χ0n) is 14.8. The van der Waals surface area contributed by atoms with Gasteiger partial charge in [0.05, 0.1) is 0 Å². The molecule has 3 N–H and O–H groups in total. The summed E-state index contributed by atoms with van der Waals surface area (Å²) in [6, 6.07) is 16.8. The Morgan fingerprint density at radius 1 is 1.04 bits per heavy atom. The number of hydrogen-bond acceptors (Lipinski definition) is 8. The minimum atomic E-state index is -0.533. The zero-order valence-corrected chi connectivity index (χ0v) is 14.8. The first-order valence-corrected chi connectivity index (χ1v) is 8.27. The highest BCUT2D eigenvalue weighted by Crippen LogP contribution is 2.16. The van der Waals surface area contributed by atoms with Gasteiger partial charge in [0.2, 0.25) is 11.9 Å². The van der Waals surface area contributed by atoms with Crippen molar-refractivity contribution < 1.29 is 14.3 Å². The van der Waals surface area contributed by atoms with Crippen molar-refractivity contribution in [2.24, 2.45) is 0 Å². The zero-order chi connectivity index (χ0) is 19.1. The summed E-state index contributed by atoms with van der Waals surface area (Å²) in [7, 11) is 0. The van der Waals surface area contributed by atoms with Crippen LogP contribution in [0.4, 0.5) is 17.6 Å². The highest BCUT2D eigenvalue weighted by molar-refractivity contribution is 5.71. The van der Waals surface area contributed by atoms with E-state index in [1.807, 2.05) is 55.5 Å². The number of aryl methyl sites for hydroxylation is 1. The molecule has 1 heterocycles. The minimum absolute atomic E-state index is 0.0330. The summed E-state index contributed by atoms with van der Waals surface area (Å²) in [6.45, 7) is 1.56. The Morgan fingerprint density at radius 3 is 2.56 bits per heavy atom. The van der Waals surface area contributed by atoms with Gasteiger partial charge in [0, 0.05) is 5.69 Å². The number of aromatic nitrogens is 3. The van der Waals surface area contributed by atoms with E-state index in [1.54, 1.807) is 6.07 Å².